The molecule has 1 saturated heterocycles. The van der Waals surface area contributed by atoms with E-state index in [2.05, 4.69) is 14.9 Å². The quantitative estimate of drug-likeness (QED) is 0.946. The van der Waals surface area contributed by atoms with E-state index in [0.717, 1.165) is 48.8 Å². The maximum absolute atomic E-state index is 10.5. The summed E-state index contributed by atoms with van der Waals surface area (Å²) < 4.78 is 0. The van der Waals surface area contributed by atoms with Crippen LogP contribution in [0.25, 0.3) is 0 Å². The number of nitrogens with zero attached hydrogens (tertiary/aromatic N) is 3. The highest BCUT2D eigenvalue weighted by Crippen LogP contribution is 2.31. The van der Waals surface area contributed by atoms with Crippen molar-refractivity contribution < 1.29 is 5.11 Å². The molecule has 0 aliphatic carbocycles. The van der Waals surface area contributed by atoms with Gasteiger partial charge in [0.15, 0.2) is 0 Å². The fourth-order valence-corrected chi connectivity index (χ4v) is 3.23. The van der Waals surface area contributed by atoms with E-state index in [0.29, 0.717) is 5.92 Å². The van der Waals surface area contributed by atoms with E-state index in [1.807, 2.05) is 50.2 Å². The molecule has 22 heavy (non-hydrogen) atoms. The smallest absolute Gasteiger partial charge is 0.132 e. The van der Waals surface area contributed by atoms with Crippen LogP contribution in [0.15, 0.2) is 36.4 Å². The number of piperidine rings is 1. The van der Waals surface area contributed by atoms with Gasteiger partial charge in [0, 0.05) is 24.8 Å². The van der Waals surface area contributed by atoms with Gasteiger partial charge in [0.25, 0.3) is 0 Å². The van der Waals surface area contributed by atoms with Crippen LogP contribution in [0.3, 0.4) is 0 Å². The number of hydrogen-bond acceptors (Lipinski definition) is 4. The van der Waals surface area contributed by atoms with Crippen LogP contribution in [0.1, 0.15) is 36.0 Å². The van der Waals surface area contributed by atoms with Crippen molar-refractivity contribution >= 4 is 5.82 Å². The van der Waals surface area contributed by atoms with Crippen LogP contribution in [0.2, 0.25) is 0 Å². The first-order chi connectivity index (χ1) is 10.6. The van der Waals surface area contributed by atoms with E-state index in [1.54, 1.807) is 0 Å². The molecule has 1 aromatic heterocycles. The molecule has 3 rings (SSSR count). The van der Waals surface area contributed by atoms with Crippen LogP contribution in [0.4, 0.5) is 5.82 Å². The molecule has 0 amide bonds. The topological polar surface area (TPSA) is 49.2 Å². The van der Waals surface area contributed by atoms with E-state index >= 15 is 0 Å². The number of aryl methyl sites for hydroxylation is 2. The van der Waals surface area contributed by atoms with Gasteiger partial charge in [0.05, 0.1) is 6.10 Å². The maximum Gasteiger partial charge on any atom is 0.132 e. The SMILES string of the molecule is Cc1cc(N2CCC(C(O)c3ccccc3)CC2)nc(C)n1. The van der Waals surface area contributed by atoms with Crippen LogP contribution >= 0.6 is 0 Å². The van der Waals surface area contributed by atoms with Gasteiger partial charge >= 0.3 is 0 Å². The van der Waals surface area contributed by atoms with Gasteiger partial charge in [-0.05, 0) is 38.2 Å². The minimum absolute atomic E-state index is 0.322. The zero-order valence-electron chi connectivity index (χ0n) is 13.2. The van der Waals surface area contributed by atoms with Crippen molar-refractivity contribution in [3.63, 3.8) is 0 Å². The van der Waals surface area contributed by atoms with E-state index < -0.39 is 0 Å². The number of hydrogen-bond donors (Lipinski definition) is 1. The molecule has 0 spiro atoms. The average molecular weight is 297 g/mol. The lowest BCUT2D eigenvalue weighted by atomic mass is 9.87. The van der Waals surface area contributed by atoms with Gasteiger partial charge in [-0.1, -0.05) is 30.3 Å². The van der Waals surface area contributed by atoms with Gasteiger partial charge in [-0.15, -0.1) is 0 Å². The van der Waals surface area contributed by atoms with E-state index in [9.17, 15) is 5.11 Å². The van der Waals surface area contributed by atoms with Crippen molar-refractivity contribution in [3.05, 3.63) is 53.5 Å². The number of rotatable bonds is 3. The molecule has 1 aromatic carbocycles. The Hall–Kier alpha value is -1.94. The zero-order valence-corrected chi connectivity index (χ0v) is 13.2. The summed E-state index contributed by atoms with van der Waals surface area (Å²) in [6, 6.07) is 12.0. The lowest BCUT2D eigenvalue weighted by molar-refractivity contribution is 0.0929. The molecule has 1 N–H and O–H groups in total. The Balaban J connectivity index is 1.65. The van der Waals surface area contributed by atoms with E-state index in [4.69, 9.17) is 0 Å². The zero-order chi connectivity index (χ0) is 15.5. The molecule has 1 aliphatic rings. The van der Waals surface area contributed by atoms with Crippen molar-refractivity contribution in [2.24, 2.45) is 5.92 Å². The van der Waals surface area contributed by atoms with Crippen LogP contribution in [0.5, 0.6) is 0 Å². The normalized spacial score (nSPS) is 17.5. The van der Waals surface area contributed by atoms with Gasteiger partial charge in [0.1, 0.15) is 11.6 Å². The van der Waals surface area contributed by atoms with Gasteiger partial charge < -0.3 is 10.0 Å². The Kier molecular flexibility index (Phi) is 4.39. The summed E-state index contributed by atoms with van der Waals surface area (Å²) in [4.78, 5) is 11.2. The highest BCUT2D eigenvalue weighted by atomic mass is 16.3. The van der Waals surface area contributed by atoms with Crippen molar-refractivity contribution in [3.8, 4) is 0 Å². The van der Waals surface area contributed by atoms with Crippen LogP contribution in [-0.4, -0.2) is 28.2 Å². The summed E-state index contributed by atoms with van der Waals surface area (Å²) in [6.07, 6.45) is 1.60. The molecule has 0 saturated carbocycles. The Labute approximate surface area is 131 Å². The summed E-state index contributed by atoms with van der Waals surface area (Å²) in [7, 11) is 0. The largest absolute Gasteiger partial charge is 0.388 e. The van der Waals surface area contributed by atoms with Crippen LogP contribution in [-0.2, 0) is 0 Å². The minimum atomic E-state index is -0.364. The molecule has 4 heteroatoms. The lowest BCUT2D eigenvalue weighted by Gasteiger charge is -2.35. The summed E-state index contributed by atoms with van der Waals surface area (Å²) >= 11 is 0. The molecule has 2 heterocycles. The second-order valence-electron chi connectivity index (χ2n) is 6.09. The number of aliphatic hydroxyl groups excluding tert-OH is 1. The predicted octanol–water partition coefficient (Wildman–Crippen LogP) is 3.04. The first kappa shape index (κ1) is 15.0. The first-order valence-electron chi connectivity index (χ1n) is 7.94. The lowest BCUT2D eigenvalue weighted by Crippen LogP contribution is -2.36. The molecule has 4 nitrogen and oxygen atoms in total. The molecule has 2 aromatic rings. The molecule has 1 atom stereocenters. The Morgan fingerprint density at radius 3 is 2.41 bits per heavy atom. The van der Waals surface area contributed by atoms with Crippen molar-refractivity contribution in [2.75, 3.05) is 18.0 Å². The van der Waals surface area contributed by atoms with Gasteiger partial charge in [-0.2, -0.15) is 0 Å². The highest BCUT2D eigenvalue weighted by molar-refractivity contribution is 5.40. The minimum Gasteiger partial charge on any atom is -0.388 e. The summed E-state index contributed by atoms with van der Waals surface area (Å²) in [5, 5.41) is 10.5. The molecule has 1 fully saturated rings. The number of anilines is 1. The molecule has 1 unspecified atom stereocenters. The van der Waals surface area contributed by atoms with Crippen molar-refractivity contribution in [1.82, 2.24) is 9.97 Å². The van der Waals surface area contributed by atoms with Gasteiger partial charge in [-0.3, -0.25) is 0 Å². The Morgan fingerprint density at radius 2 is 1.77 bits per heavy atom. The van der Waals surface area contributed by atoms with Gasteiger partial charge in [-0.25, -0.2) is 9.97 Å². The Morgan fingerprint density at radius 1 is 1.09 bits per heavy atom. The predicted molar refractivity (Wildman–Crippen MR) is 87.8 cm³/mol. The second kappa shape index (κ2) is 6.44. The van der Waals surface area contributed by atoms with Crippen LogP contribution in [0, 0.1) is 19.8 Å². The third-order valence-corrected chi connectivity index (χ3v) is 4.40. The average Bonchev–Trinajstić information content (AvgIpc) is 2.54. The maximum atomic E-state index is 10.5. The van der Waals surface area contributed by atoms with Crippen LogP contribution < -0.4 is 4.90 Å². The molecular weight excluding hydrogens is 274 g/mol. The number of benzene rings is 1. The fraction of sp³-hybridized carbons (Fsp3) is 0.444. The second-order valence-corrected chi connectivity index (χ2v) is 6.09. The van der Waals surface area contributed by atoms with Crippen molar-refractivity contribution in [1.29, 1.82) is 0 Å². The first-order valence-corrected chi connectivity index (χ1v) is 7.94. The summed E-state index contributed by atoms with van der Waals surface area (Å²) in [5.74, 6) is 2.15. The molecule has 1 aliphatic heterocycles. The third-order valence-electron chi connectivity index (χ3n) is 4.40. The number of aliphatic hydroxyl groups is 1. The van der Waals surface area contributed by atoms with E-state index in [-0.39, 0.29) is 6.10 Å². The monoisotopic (exact) mass is 297 g/mol. The number of aromatic nitrogens is 2. The molecular formula is C18H23N3O. The fourth-order valence-electron chi connectivity index (χ4n) is 3.23. The highest BCUT2D eigenvalue weighted by Gasteiger charge is 2.26. The molecule has 116 valence electrons. The summed E-state index contributed by atoms with van der Waals surface area (Å²) in [5.41, 5.74) is 2.03. The van der Waals surface area contributed by atoms with E-state index in [1.165, 1.54) is 0 Å². The third kappa shape index (κ3) is 3.28. The molecule has 0 bridgehead atoms. The standard InChI is InChI=1S/C18H23N3O/c1-13-12-17(20-14(2)19-13)21-10-8-16(9-11-21)18(22)15-6-4-3-5-7-15/h3-7,12,16,18,22H,8-11H2,1-2H3. The molecule has 0 radical (unpaired) electrons. The Bertz CT molecular complexity index is 601. The van der Waals surface area contributed by atoms with Gasteiger partial charge in [0.2, 0.25) is 0 Å². The van der Waals surface area contributed by atoms with Crippen molar-refractivity contribution in [2.45, 2.75) is 32.8 Å². The summed E-state index contributed by atoms with van der Waals surface area (Å²) in [6.45, 7) is 5.81.